The van der Waals surface area contributed by atoms with Crippen LogP contribution in [0.5, 0.6) is 11.5 Å². The van der Waals surface area contributed by atoms with Gasteiger partial charge < -0.3 is 20.1 Å². The van der Waals surface area contributed by atoms with Crippen molar-refractivity contribution in [2.45, 2.75) is 80.1 Å². The second-order valence-electron chi connectivity index (χ2n) is 13.6. The predicted octanol–water partition coefficient (Wildman–Crippen LogP) is 7.46. The zero-order valence-corrected chi connectivity index (χ0v) is 27.7. The first-order valence-corrected chi connectivity index (χ1v) is 15.7. The van der Waals surface area contributed by atoms with E-state index >= 15 is 0 Å². The summed E-state index contributed by atoms with van der Waals surface area (Å²) < 4.78 is 12.6. The van der Waals surface area contributed by atoms with Gasteiger partial charge in [-0.05, 0) is 89.7 Å². The smallest absolute Gasteiger partial charge is 0.262 e. The minimum atomic E-state index is -0.504. The summed E-state index contributed by atoms with van der Waals surface area (Å²) in [6.45, 7) is 14.4. The third-order valence-electron chi connectivity index (χ3n) is 8.39. The van der Waals surface area contributed by atoms with Crippen molar-refractivity contribution in [2.24, 2.45) is 10.8 Å². The number of nitrogens with one attached hydrogen (secondary N) is 2. The Morgan fingerprint density at radius 2 is 1.53 bits per heavy atom. The highest BCUT2D eigenvalue weighted by molar-refractivity contribution is 9.10. The molecule has 2 aromatic rings. The van der Waals surface area contributed by atoms with Crippen LogP contribution in [0.4, 0.5) is 5.69 Å². The first kappa shape index (κ1) is 31.0. The van der Waals surface area contributed by atoms with Gasteiger partial charge in [0.25, 0.3) is 5.91 Å². The van der Waals surface area contributed by atoms with Crippen molar-refractivity contribution < 1.29 is 23.9 Å². The summed E-state index contributed by atoms with van der Waals surface area (Å²) in [7, 11) is 0. The largest absolute Gasteiger partial charge is 0.490 e. The maximum absolute atomic E-state index is 13.7. The van der Waals surface area contributed by atoms with Gasteiger partial charge in [-0.25, -0.2) is 0 Å². The summed E-state index contributed by atoms with van der Waals surface area (Å²) in [5, 5.41) is 6.47. The maximum atomic E-state index is 13.7. The van der Waals surface area contributed by atoms with Crippen LogP contribution in [0.1, 0.15) is 82.9 Å². The molecule has 3 aliphatic rings. The van der Waals surface area contributed by atoms with E-state index < -0.39 is 5.92 Å². The van der Waals surface area contributed by atoms with Crippen molar-refractivity contribution in [1.82, 2.24) is 5.32 Å². The highest BCUT2D eigenvalue weighted by Gasteiger charge is 2.46. The fraction of sp³-hybridized carbons (Fsp3) is 0.457. The van der Waals surface area contributed by atoms with Crippen LogP contribution in [0.25, 0.3) is 0 Å². The molecule has 2 aromatic carbocycles. The number of carbonyl (C=O) groups is 3. The molecular formula is C35H41BrN2O5. The fourth-order valence-electron chi connectivity index (χ4n) is 6.66. The van der Waals surface area contributed by atoms with E-state index in [9.17, 15) is 14.4 Å². The topological polar surface area (TPSA) is 93.7 Å². The number of benzene rings is 2. The molecule has 5 rings (SSSR count). The van der Waals surface area contributed by atoms with Gasteiger partial charge in [0, 0.05) is 47.0 Å². The Labute approximate surface area is 262 Å². The quantitative estimate of drug-likeness (QED) is 0.324. The number of Topliss-reactive ketones (excluding diaryl/α,β-unsaturated/α-hetero) is 2. The molecule has 0 aromatic heterocycles. The number of aryl methyl sites for hydroxylation is 2. The lowest BCUT2D eigenvalue weighted by molar-refractivity contribution is -0.119. The third-order valence-corrected chi connectivity index (χ3v) is 8.98. The predicted molar refractivity (Wildman–Crippen MR) is 171 cm³/mol. The average molecular weight is 650 g/mol. The van der Waals surface area contributed by atoms with E-state index in [-0.39, 0.29) is 34.9 Å². The zero-order valence-electron chi connectivity index (χ0n) is 26.1. The van der Waals surface area contributed by atoms with Gasteiger partial charge in [0.2, 0.25) is 0 Å². The van der Waals surface area contributed by atoms with Crippen molar-refractivity contribution in [3.8, 4) is 11.5 Å². The zero-order chi connectivity index (χ0) is 31.3. The van der Waals surface area contributed by atoms with Crippen molar-refractivity contribution in [3.05, 3.63) is 74.0 Å². The van der Waals surface area contributed by atoms with Crippen LogP contribution < -0.4 is 20.1 Å². The summed E-state index contributed by atoms with van der Waals surface area (Å²) in [5.74, 6) is 0.165. The molecule has 2 aliphatic carbocycles. The number of allylic oxidation sites excluding steroid dienone is 4. The Kier molecular flexibility index (Phi) is 8.38. The Bertz CT molecular complexity index is 1530. The summed E-state index contributed by atoms with van der Waals surface area (Å²) in [5.41, 5.74) is 6.42. The maximum Gasteiger partial charge on any atom is 0.262 e. The van der Waals surface area contributed by atoms with Crippen LogP contribution in [-0.4, -0.2) is 30.7 Å². The van der Waals surface area contributed by atoms with Gasteiger partial charge in [-0.15, -0.1) is 0 Å². The van der Waals surface area contributed by atoms with Crippen LogP contribution in [0.3, 0.4) is 0 Å². The Hall–Kier alpha value is -3.39. The molecule has 0 saturated heterocycles. The first-order chi connectivity index (χ1) is 20.2. The highest BCUT2D eigenvalue weighted by atomic mass is 79.9. The molecule has 2 N–H and O–H groups in total. The lowest BCUT2D eigenvalue weighted by Crippen LogP contribution is -2.42. The summed E-state index contributed by atoms with van der Waals surface area (Å²) in [4.78, 5) is 40.3. The second kappa shape index (κ2) is 11.6. The number of ketones is 2. The van der Waals surface area contributed by atoms with Gasteiger partial charge in [0.15, 0.2) is 29.7 Å². The molecular weight excluding hydrogens is 608 g/mol. The lowest BCUT2D eigenvalue weighted by atomic mass is 9.64. The average Bonchev–Trinajstić information content (AvgIpc) is 2.87. The molecule has 1 amide bonds. The van der Waals surface area contributed by atoms with E-state index in [1.807, 2.05) is 51.1 Å². The summed E-state index contributed by atoms with van der Waals surface area (Å²) in [6.07, 6.45) is 2.30. The van der Waals surface area contributed by atoms with E-state index in [4.69, 9.17) is 9.47 Å². The molecule has 0 unspecified atom stereocenters. The van der Waals surface area contributed by atoms with Gasteiger partial charge in [-0.2, -0.15) is 0 Å². The van der Waals surface area contributed by atoms with Crippen LogP contribution in [0.15, 0.2) is 57.3 Å². The number of ether oxygens (including phenoxy) is 2. The molecule has 1 heterocycles. The SMILES string of the molecule is CCOc1cc(C2C3=C(CC(C)(C)CC3=O)NC3=C2C(=O)CC(C)(C)C3)cc(Br)c1OCC(=O)Nc1ccc(C)cc1C. The molecule has 0 saturated carbocycles. The second-order valence-corrected chi connectivity index (χ2v) is 14.5. The van der Waals surface area contributed by atoms with Gasteiger partial charge in [-0.1, -0.05) is 45.4 Å². The van der Waals surface area contributed by atoms with Crippen LogP contribution in [0.2, 0.25) is 0 Å². The first-order valence-electron chi connectivity index (χ1n) is 14.9. The molecule has 1 aliphatic heterocycles. The summed E-state index contributed by atoms with van der Waals surface area (Å²) in [6, 6.07) is 9.59. The Balaban J connectivity index is 1.51. The minimum Gasteiger partial charge on any atom is -0.490 e. The van der Waals surface area contributed by atoms with E-state index in [0.717, 1.165) is 46.6 Å². The number of rotatable bonds is 7. The number of hydrogen-bond acceptors (Lipinski definition) is 6. The van der Waals surface area contributed by atoms with Crippen molar-refractivity contribution in [2.75, 3.05) is 18.5 Å². The van der Waals surface area contributed by atoms with Crippen LogP contribution >= 0.6 is 15.9 Å². The molecule has 0 spiro atoms. The molecule has 0 fully saturated rings. The molecule has 228 valence electrons. The molecule has 0 radical (unpaired) electrons. The number of dihydropyridines is 1. The lowest BCUT2D eigenvalue weighted by Gasteiger charge is -2.44. The summed E-state index contributed by atoms with van der Waals surface area (Å²) >= 11 is 3.66. The van der Waals surface area contributed by atoms with Crippen molar-refractivity contribution in [1.29, 1.82) is 0 Å². The number of amides is 1. The number of halogens is 1. The standard InChI is InChI=1S/C35H41BrN2O5/c1-8-42-28-13-21(12-22(36)33(28)43-18-29(41)38-23-10-9-19(2)11-20(23)3)30-31-24(14-34(4,5)16-26(31)39)37-25-15-35(6,7)17-27(40)32(25)30/h9-13,30,37H,8,14-18H2,1-7H3,(H,38,41). The molecule has 0 bridgehead atoms. The minimum absolute atomic E-state index is 0.0606. The van der Waals surface area contributed by atoms with Crippen molar-refractivity contribution in [3.63, 3.8) is 0 Å². The van der Waals surface area contributed by atoms with Crippen molar-refractivity contribution >= 4 is 39.1 Å². The monoisotopic (exact) mass is 648 g/mol. The Morgan fingerprint density at radius 1 is 0.930 bits per heavy atom. The number of anilines is 1. The van der Waals surface area contributed by atoms with Gasteiger partial charge in [0.05, 0.1) is 11.1 Å². The molecule has 43 heavy (non-hydrogen) atoms. The van der Waals surface area contributed by atoms with Gasteiger partial charge in [-0.3, -0.25) is 14.4 Å². The molecule has 7 nitrogen and oxygen atoms in total. The third kappa shape index (κ3) is 6.44. The molecule has 0 atom stereocenters. The van der Waals surface area contributed by atoms with Crippen LogP contribution in [-0.2, 0) is 14.4 Å². The normalized spacial score (nSPS) is 19.4. The van der Waals surface area contributed by atoms with E-state index in [0.29, 0.717) is 46.6 Å². The van der Waals surface area contributed by atoms with Gasteiger partial charge >= 0.3 is 0 Å². The molecule has 8 heteroatoms. The van der Waals surface area contributed by atoms with E-state index in [1.54, 1.807) is 0 Å². The number of hydrogen-bond donors (Lipinski definition) is 2. The highest BCUT2D eigenvalue weighted by Crippen LogP contribution is 2.52. The van der Waals surface area contributed by atoms with Crippen LogP contribution in [0, 0.1) is 24.7 Å². The number of carbonyl (C=O) groups excluding carboxylic acids is 3. The van der Waals surface area contributed by atoms with E-state index in [1.165, 1.54) is 0 Å². The van der Waals surface area contributed by atoms with E-state index in [2.05, 4.69) is 54.3 Å². The van der Waals surface area contributed by atoms with Gasteiger partial charge in [0.1, 0.15) is 0 Å². The Morgan fingerprint density at radius 3 is 2.09 bits per heavy atom. The fourth-order valence-corrected chi connectivity index (χ4v) is 7.23.